The second kappa shape index (κ2) is 5.00. The highest BCUT2D eigenvalue weighted by atomic mass is 16.4. The van der Waals surface area contributed by atoms with Crippen LogP contribution in [0.5, 0.6) is 0 Å². The van der Waals surface area contributed by atoms with E-state index >= 15 is 0 Å². The summed E-state index contributed by atoms with van der Waals surface area (Å²) < 4.78 is 0. The van der Waals surface area contributed by atoms with Gasteiger partial charge in [-0.25, -0.2) is 4.79 Å². The topological polar surface area (TPSA) is 50.2 Å². The number of carboxylic acid groups (broad SMARTS) is 1. The van der Waals surface area contributed by atoms with Crippen molar-refractivity contribution in [1.29, 1.82) is 0 Å². The molecule has 1 heterocycles. The Morgan fingerprint density at radius 1 is 1.28 bits per heavy atom. The Balaban J connectivity index is 2.63. The lowest BCUT2D eigenvalue weighted by Crippen LogP contribution is -2.06. The maximum absolute atomic E-state index is 11.2. The third-order valence-corrected chi connectivity index (χ3v) is 2.94. The Morgan fingerprint density at radius 2 is 1.94 bits per heavy atom. The molecule has 18 heavy (non-hydrogen) atoms. The third kappa shape index (κ3) is 2.25. The van der Waals surface area contributed by atoms with E-state index in [1.165, 1.54) is 0 Å². The van der Waals surface area contributed by atoms with E-state index in [0.29, 0.717) is 17.7 Å². The molecule has 0 saturated carbocycles. The molecule has 0 saturated heterocycles. The van der Waals surface area contributed by atoms with Crippen LogP contribution in [-0.2, 0) is 6.42 Å². The van der Waals surface area contributed by atoms with Crippen LogP contribution in [0.3, 0.4) is 0 Å². The quantitative estimate of drug-likeness (QED) is 0.896. The number of aryl methyl sites for hydroxylation is 2. The molecule has 0 aliphatic carbocycles. The van der Waals surface area contributed by atoms with Crippen molar-refractivity contribution < 1.29 is 9.90 Å². The summed E-state index contributed by atoms with van der Waals surface area (Å²) in [5.41, 5.74) is 3.67. The monoisotopic (exact) mass is 241 g/mol. The van der Waals surface area contributed by atoms with Crippen molar-refractivity contribution >= 4 is 5.97 Å². The highest BCUT2D eigenvalue weighted by Gasteiger charge is 2.14. The molecule has 0 unspecified atom stereocenters. The normalized spacial score (nSPS) is 10.3. The largest absolute Gasteiger partial charge is 0.478 e. The lowest BCUT2D eigenvalue weighted by Gasteiger charge is -2.10. The SMILES string of the molecule is CCc1nc(C)c(-c2ccccc2)cc1C(=O)O. The van der Waals surface area contributed by atoms with Crippen LogP contribution in [0.25, 0.3) is 11.1 Å². The molecule has 2 aromatic rings. The summed E-state index contributed by atoms with van der Waals surface area (Å²) in [5.74, 6) is -0.920. The zero-order chi connectivity index (χ0) is 13.1. The first-order valence-corrected chi connectivity index (χ1v) is 5.92. The number of carboxylic acids is 1. The van der Waals surface area contributed by atoms with Crippen molar-refractivity contribution in [2.45, 2.75) is 20.3 Å². The predicted molar refractivity (Wildman–Crippen MR) is 70.7 cm³/mol. The molecule has 0 bridgehead atoms. The van der Waals surface area contributed by atoms with E-state index in [-0.39, 0.29) is 0 Å². The lowest BCUT2D eigenvalue weighted by atomic mass is 10.00. The first kappa shape index (κ1) is 12.3. The summed E-state index contributed by atoms with van der Waals surface area (Å²) in [5, 5.41) is 9.22. The standard InChI is InChI=1S/C15H15NO2/c1-3-14-13(15(17)18)9-12(10(2)16-14)11-7-5-4-6-8-11/h4-9H,3H2,1-2H3,(H,17,18). The summed E-state index contributed by atoms with van der Waals surface area (Å²) >= 11 is 0. The number of hydrogen-bond acceptors (Lipinski definition) is 2. The van der Waals surface area contributed by atoms with E-state index in [1.807, 2.05) is 44.2 Å². The molecule has 0 fully saturated rings. The molecule has 92 valence electrons. The Kier molecular flexibility index (Phi) is 3.42. The maximum atomic E-state index is 11.2. The van der Waals surface area contributed by atoms with Crippen molar-refractivity contribution in [2.75, 3.05) is 0 Å². The number of aromatic nitrogens is 1. The van der Waals surface area contributed by atoms with Gasteiger partial charge in [0.05, 0.1) is 11.3 Å². The van der Waals surface area contributed by atoms with Gasteiger partial charge in [0.1, 0.15) is 0 Å². The fourth-order valence-electron chi connectivity index (χ4n) is 2.02. The van der Waals surface area contributed by atoms with Gasteiger partial charge >= 0.3 is 5.97 Å². The Labute approximate surface area is 106 Å². The first-order valence-electron chi connectivity index (χ1n) is 5.92. The minimum Gasteiger partial charge on any atom is -0.478 e. The number of rotatable bonds is 3. The zero-order valence-corrected chi connectivity index (χ0v) is 10.5. The number of carbonyl (C=O) groups is 1. The number of aromatic carboxylic acids is 1. The summed E-state index contributed by atoms with van der Waals surface area (Å²) in [7, 11) is 0. The van der Waals surface area contributed by atoms with Crippen LogP contribution < -0.4 is 0 Å². The molecule has 1 N–H and O–H groups in total. The van der Waals surface area contributed by atoms with Gasteiger partial charge in [0.2, 0.25) is 0 Å². The van der Waals surface area contributed by atoms with Gasteiger partial charge in [-0.05, 0) is 25.0 Å². The van der Waals surface area contributed by atoms with Gasteiger partial charge in [-0.3, -0.25) is 4.98 Å². The molecular formula is C15H15NO2. The van der Waals surface area contributed by atoms with E-state index in [9.17, 15) is 9.90 Å². The second-order valence-corrected chi connectivity index (χ2v) is 4.14. The fourth-order valence-corrected chi connectivity index (χ4v) is 2.02. The van der Waals surface area contributed by atoms with E-state index < -0.39 is 5.97 Å². The van der Waals surface area contributed by atoms with Crippen molar-refractivity contribution in [2.24, 2.45) is 0 Å². The molecule has 3 heteroatoms. The summed E-state index contributed by atoms with van der Waals surface area (Å²) in [4.78, 5) is 15.6. The molecule has 2 rings (SSSR count). The summed E-state index contributed by atoms with van der Waals surface area (Å²) in [6.07, 6.45) is 0.623. The highest BCUT2D eigenvalue weighted by Crippen LogP contribution is 2.24. The molecule has 1 aromatic heterocycles. The average Bonchev–Trinajstić information content (AvgIpc) is 2.39. The minimum absolute atomic E-state index is 0.293. The molecule has 0 aliphatic heterocycles. The molecule has 0 atom stereocenters. The van der Waals surface area contributed by atoms with E-state index in [4.69, 9.17) is 0 Å². The molecule has 3 nitrogen and oxygen atoms in total. The van der Waals surface area contributed by atoms with Gasteiger partial charge in [-0.2, -0.15) is 0 Å². The number of benzene rings is 1. The number of pyridine rings is 1. The summed E-state index contributed by atoms with van der Waals surface area (Å²) in [6, 6.07) is 11.4. The Morgan fingerprint density at radius 3 is 2.50 bits per heavy atom. The van der Waals surface area contributed by atoms with Crippen molar-refractivity contribution in [1.82, 2.24) is 4.98 Å². The molecular weight excluding hydrogens is 226 g/mol. The number of nitrogens with zero attached hydrogens (tertiary/aromatic N) is 1. The second-order valence-electron chi connectivity index (χ2n) is 4.14. The third-order valence-electron chi connectivity index (χ3n) is 2.94. The van der Waals surface area contributed by atoms with Crippen molar-refractivity contribution in [3.05, 3.63) is 53.3 Å². The molecule has 0 radical (unpaired) electrons. The van der Waals surface area contributed by atoms with E-state index in [2.05, 4.69) is 4.98 Å². The van der Waals surface area contributed by atoms with Crippen LogP contribution in [-0.4, -0.2) is 16.1 Å². The van der Waals surface area contributed by atoms with E-state index in [0.717, 1.165) is 16.8 Å². The molecule has 1 aromatic carbocycles. The van der Waals surface area contributed by atoms with Crippen LogP contribution in [0, 0.1) is 6.92 Å². The smallest absolute Gasteiger partial charge is 0.337 e. The van der Waals surface area contributed by atoms with Crippen LogP contribution in [0.15, 0.2) is 36.4 Å². The molecule has 0 spiro atoms. The van der Waals surface area contributed by atoms with Crippen LogP contribution in [0.1, 0.15) is 28.7 Å². The maximum Gasteiger partial charge on any atom is 0.337 e. The predicted octanol–water partition coefficient (Wildman–Crippen LogP) is 3.32. The van der Waals surface area contributed by atoms with E-state index in [1.54, 1.807) is 6.07 Å². The zero-order valence-electron chi connectivity index (χ0n) is 10.5. The first-order chi connectivity index (χ1) is 8.63. The van der Waals surface area contributed by atoms with Gasteiger partial charge in [0, 0.05) is 11.3 Å². The Bertz CT molecular complexity index is 577. The van der Waals surface area contributed by atoms with Crippen LogP contribution in [0.4, 0.5) is 0 Å². The molecule has 0 amide bonds. The van der Waals surface area contributed by atoms with Crippen LogP contribution in [0.2, 0.25) is 0 Å². The van der Waals surface area contributed by atoms with Gasteiger partial charge in [-0.15, -0.1) is 0 Å². The van der Waals surface area contributed by atoms with Gasteiger partial charge in [0.15, 0.2) is 0 Å². The van der Waals surface area contributed by atoms with Gasteiger partial charge in [0.25, 0.3) is 0 Å². The van der Waals surface area contributed by atoms with Crippen molar-refractivity contribution in [3.63, 3.8) is 0 Å². The van der Waals surface area contributed by atoms with Gasteiger partial charge < -0.3 is 5.11 Å². The van der Waals surface area contributed by atoms with Gasteiger partial charge in [-0.1, -0.05) is 37.3 Å². The summed E-state index contributed by atoms with van der Waals surface area (Å²) in [6.45, 7) is 3.82. The highest BCUT2D eigenvalue weighted by molar-refractivity contribution is 5.90. The average molecular weight is 241 g/mol. The number of hydrogen-bond donors (Lipinski definition) is 1. The Hall–Kier alpha value is -2.16. The van der Waals surface area contributed by atoms with Crippen LogP contribution >= 0.6 is 0 Å². The minimum atomic E-state index is -0.920. The lowest BCUT2D eigenvalue weighted by molar-refractivity contribution is 0.0695. The van der Waals surface area contributed by atoms with Crippen molar-refractivity contribution in [3.8, 4) is 11.1 Å². The molecule has 0 aliphatic rings. The fraction of sp³-hybridized carbons (Fsp3) is 0.200.